The summed E-state index contributed by atoms with van der Waals surface area (Å²) < 4.78 is 46.0. The monoisotopic (exact) mass is 722 g/mol. The van der Waals surface area contributed by atoms with E-state index in [2.05, 4.69) is 10.3 Å². The first-order valence-electron chi connectivity index (χ1n) is 15.6. The zero-order valence-corrected chi connectivity index (χ0v) is 27.2. The molecule has 0 spiro atoms. The fraction of sp³-hybridized carbons (Fsp3) is 0.294. The van der Waals surface area contributed by atoms with Crippen LogP contribution in [0.25, 0.3) is 0 Å². The molecule has 3 heterocycles. The van der Waals surface area contributed by atoms with Crippen LogP contribution in [0.15, 0.2) is 82.6 Å². The van der Waals surface area contributed by atoms with Crippen molar-refractivity contribution in [2.24, 2.45) is 29.6 Å². The van der Waals surface area contributed by atoms with Crippen molar-refractivity contribution >= 4 is 57.9 Å². The number of nitrogens with zero attached hydrogens (tertiary/aromatic N) is 2. The van der Waals surface area contributed by atoms with Crippen LogP contribution in [-0.2, 0) is 20.6 Å². The number of thioether (sulfide) groups is 1. The number of alkyl halides is 3. The Morgan fingerprint density at radius 1 is 1.00 bits per heavy atom. The van der Waals surface area contributed by atoms with E-state index in [-0.39, 0.29) is 62.7 Å². The number of aromatic nitrogens is 1. The van der Waals surface area contributed by atoms with Gasteiger partial charge in [-0.1, -0.05) is 35.6 Å². The minimum atomic E-state index is -4.66. The summed E-state index contributed by atoms with van der Waals surface area (Å²) in [5, 5.41) is 14.0. The second-order valence-electron chi connectivity index (χ2n) is 12.7. The Morgan fingerprint density at radius 3 is 2.44 bits per heavy atom. The normalized spacial score (nSPS) is 26.4. The van der Waals surface area contributed by atoms with Gasteiger partial charge in [0.15, 0.2) is 6.61 Å². The van der Waals surface area contributed by atoms with Crippen LogP contribution < -0.4 is 19.8 Å². The average molecular weight is 723 g/mol. The van der Waals surface area contributed by atoms with Gasteiger partial charge in [-0.2, -0.15) is 13.2 Å². The molecule has 11 nitrogen and oxygen atoms in total. The fourth-order valence-corrected chi connectivity index (χ4v) is 11.2. The number of fused-ring (bicyclic) bond motifs is 9. The third-order valence-corrected chi connectivity index (χ3v) is 12.7. The molecule has 4 aromatic rings. The summed E-state index contributed by atoms with van der Waals surface area (Å²) in [6.07, 6.45) is -4.01. The molecule has 1 aromatic heterocycles. The van der Waals surface area contributed by atoms with Crippen LogP contribution >= 0.6 is 23.1 Å². The van der Waals surface area contributed by atoms with E-state index in [1.165, 1.54) is 48.2 Å². The van der Waals surface area contributed by atoms with Gasteiger partial charge in [0.05, 0.1) is 38.7 Å². The molecule has 2 aliphatic heterocycles. The Bertz CT molecular complexity index is 2140. The number of imide groups is 1. The van der Waals surface area contributed by atoms with Gasteiger partial charge in [0, 0.05) is 28.2 Å². The second kappa shape index (κ2) is 11.8. The zero-order chi connectivity index (χ0) is 35.1. The van der Waals surface area contributed by atoms with Crippen LogP contribution in [0, 0.1) is 39.7 Å². The van der Waals surface area contributed by atoms with Gasteiger partial charge in [0.2, 0.25) is 11.8 Å². The molecule has 4 aliphatic rings. The van der Waals surface area contributed by atoms with E-state index in [1.807, 2.05) is 6.07 Å². The smallest absolute Gasteiger partial charge is 0.418 e. The molecule has 4 unspecified atom stereocenters. The molecule has 1 saturated heterocycles. The number of carbonyl (C=O) groups excluding carboxylic acids is 3. The number of carbonyl (C=O) groups is 3. The fourth-order valence-electron chi connectivity index (χ4n) is 8.34. The molecule has 3 fully saturated rings. The second-order valence-corrected chi connectivity index (χ2v) is 14.9. The van der Waals surface area contributed by atoms with Gasteiger partial charge in [0.1, 0.15) is 5.75 Å². The van der Waals surface area contributed by atoms with Gasteiger partial charge in [-0.25, -0.2) is 0 Å². The third-order valence-electron chi connectivity index (χ3n) is 10.1. The number of thiazole rings is 1. The van der Waals surface area contributed by atoms with Crippen molar-refractivity contribution in [3.05, 3.63) is 109 Å². The van der Waals surface area contributed by atoms with E-state index < -0.39 is 41.0 Å². The third kappa shape index (κ3) is 5.19. The molecular formula is C34H25F3N4O7S2. The highest BCUT2D eigenvalue weighted by molar-refractivity contribution is 8.00. The quantitative estimate of drug-likeness (QED) is 0.133. The number of ether oxygens (including phenoxy) is 1. The van der Waals surface area contributed by atoms with E-state index in [9.17, 15) is 42.5 Å². The summed E-state index contributed by atoms with van der Waals surface area (Å²) in [6, 6.07) is 16.9. The maximum absolute atomic E-state index is 14.0. The highest BCUT2D eigenvalue weighted by atomic mass is 32.2. The van der Waals surface area contributed by atoms with Crippen molar-refractivity contribution in [3.8, 4) is 5.75 Å². The highest BCUT2D eigenvalue weighted by Crippen LogP contribution is 2.68. The number of para-hydroxylation sites is 1. The minimum Gasteiger partial charge on any atom is -0.484 e. The molecule has 256 valence electrons. The Labute approximate surface area is 289 Å². The molecule has 16 heteroatoms. The lowest BCUT2D eigenvalue weighted by Gasteiger charge is -2.43. The lowest BCUT2D eigenvalue weighted by Crippen LogP contribution is -2.42. The Kier molecular flexibility index (Phi) is 7.63. The van der Waals surface area contributed by atoms with Gasteiger partial charge in [0.25, 0.3) is 11.6 Å². The van der Waals surface area contributed by atoms with Crippen LogP contribution in [0.2, 0.25) is 0 Å². The number of halogens is 3. The lowest BCUT2D eigenvalue weighted by molar-refractivity contribution is -0.384. The largest absolute Gasteiger partial charge is 0.484 e. The predicted molar refractivity (Wildman–Crippen MR) is 176 cm³/mol. The molecule has 0 radical (unpaired) electrons. The van der Waals surface area contributed by atoms with Gasteiger partial charge >= 0.3 is 11.0 Å². The number of nitro groups is 1. The predicted octanol–water partition coefficient (Wildman–Crippen LogP) is 6.06. The maximum atomic E-state index is 14.0. The van der Waals surface area contributed by atoms with E-state index in [4.69, 9.17) is 4.74 Å². The summed E-state index contributed by atoms with van der Waals surface area (Å²) >= 11 is 2.60. The SMILES string of the molecule is O=C(COc1cccc([C@H]2c3sc(=O)[nH]c3SC3C2[C@H]2C[C@@H]3C3C(=O)N(c4ccc([N+](=O)[O-])cc4)C(=O)C32)c1)Nc1ccccc1C(F)(F)F. The van der Waals surface area contributed by atoms with Gasteiger partial charge < -0.3 is 15.0 Å². The van der Waals surface area contributed by atoms with E-state index in [0.29, 0.717) is 17.2 Å². The van der Waals surface area contributed by atoms with Crippen molar-refractivity contribution in [2.45, 2.75) is 28.8 Å². The molecular weight excluding hydrogens is 698 g/mol. The van der Waals surface area contributed by atoms with Crippen LogP contribution in [0.3, 0.4) is 0 Å². The Hall–Kier alpha value is -4.96. The highest BCUT2D eigenvalue weighted by Gasteiger charge is 2.69. The molecule has 7 atom stereocenters. The first kappa shape index (κ1) is 32.3. The van der Waals surface area contributed by atoms with E-state index in [1.54, 1.807) is 18.2 Å². The van der Waals surface area contributed by atoms with Crippen LogP contribution in [-0.4, -0.2) is 39.5 Å². The zero-order valence-electron chi connectivity index (χ0n) is 25.6. The number of H-pyrrole nitrogens is 1. The topological polar surface area (TPSA) is 152 Å². The molecule has 8 rings (SSSR count). The number of non-ortho nitro benzene ring substituents is 1. The molecule has 2 saturated carbocycles. The standard InChI is InChI=1S/C34H25F3N4O7S2/c35-34(36,37)21-6-1-2-7-22(21)38-23(42)14-48-18-5-3-4-15(12-18)24-25-19-13-20(28(25)49-30-29(24)50-33(45)39-30)27-26(19)31(43)40(32(27)44)16-8-10-17(11-9-16)41(46)47/h1-12,19-20,24-28H,13-14H2,(H,38,42)(H,39,45)/t19-,20-,24-,25?,26?,27?,28?/m1/s1. The van der Waals surface area contributed by atoms with Crippen LogP contribution in [0.1, 0.15) is 28.3 Å². The first-order chi connectivity index (χ1) is 23.9. The number of hydrogen-bond acceptors (Lipinski definition) is 9. The lowest BCUT2D eigenvalue weighted by atomic mass is 9.68. The van der Waals surface area contributed by atoms with Crippen molar-refractivity contribution in [1.29, 1.82) is 0 Å². The van der Waals surface area contributed by atoms with E-state index in [0.717, 1.165) is 38.8 Å². The Morgan fingerprint density at radius 2 is 1.72 bits per heavy atom. The van der Waals surface area contributed by atoms with Crippen molar-refractivity contribution in [2.75, 3.05) is 16.8 Å². The number of benzene rings is 3. The maximum Gasteiger partial charge on any atom is 0.418 e. The van der Waals surface area contributed by atoms with Gasteiger partial charge in [-0.15, -0.1) is 11.8 Å². The minimum absolute atomic E-state index is 0.0957. The average Bonchev–Trinajstić information content (AvgIpc) is 3.82. The van der Waals surface area contributed by atoms with Crippen molar-refractivity contribution in [3.63, 3.8) is 0 Å². The molecule has 2 bridgehead atoms. The summed E-state index contributed by atoms with van der Waals surface area (Å²) in [4.78, 5) is 68.4. The van der Waals surface area contributed by atoms with Gasteiger partial charge in [-0.05, 0) is 66.1 Å². The summed E-state index contributed by atoms with van der Waals surface area (Å²) in [6.45, 7) is -0.561. The number of nitrogens with one attached hydrogen (secondary N) is 2. The molecule has 2 N–H and O–H groups in total. The number of rotatable bonds is 7. The summed E-state index contributed by atoms with van der Waals surface area (Å²) in [5.74, 6) is -3.12. The van der Waals surface area contributed by atoms with Gasteiger partial charge in [-0.3, -0.25) is 34.2 Å². The number of amides is 3. The number of nitro benzene ring substituents is 1. The number of anilines is 2. The molecule has 3 amide bonds. The molecule has 3 aromatic carbocycles. The van der Waals surface area contributed by atoms with Crippen LogP contribution in [0.5, 0.6) is 5.75 Å². The van der Waals surface area contributed by atoms with Crippen molar-refractivity contribution < 1.29 is 37.2 Å². The number of hydrogen-bond donors (Lipinski definition) is 2. The summed E-state index contributed by atoms with van der Waals surface area (Å²) in [5.41, 5.74) is -0.467. The van der Waals surface area contributed by atoms with E-state index >= 15 is 0 Å². The van der Waals surface area contributed by atoms with Crippen molar-refractivity contribution in [1.82, 2.24) is 4.98 Å². The molecule has 2 aliphatic carbocycles. The summed E-state index contributed by atoms with van der Waals surface area (Å²) in [7, 11) is 0. The first-order valence-corrected chi connectivity index (χ1v) is 17.3. The number of aromatic amines is 1. The molecule has 50 heavy (non-hydrogen) atoms. The Balaban J connectivity index is 1.06. The van der Waals surface area contributed by atoms with Crippen LogP contribution in [0.4, 0.5) is 30.2 Å².